The molecule has 1 aromatic heterocycles. The van der Waals surface area contributed by atoms with Crippen molar-refractivity contribution in [2.45, 2.75) is 50.6 Å². The number of aromatic nitrogens is 2. The number of carbonyl (C=O) groups excluding carboxylic acids is 2. The first-order chi connectivity index (χ1) is 15.0. The second kappa shape index (κ2) is 9.68. The molecule has 164 valence electrons. The first-order valence-electron chi connectivity index (χ1n) is 10.9. The number of rotatable bonds is 7. The van der Waals surface area contributed by atoms with E-state index in [1.165, 1.54) is 11.8 Å². The van der Waals surface area contributed by atoms with E-state index in [2.05, 4.69) is 25.7 Å². The van der Waals surface area contributed by atoms with E-state index in [-0.39, 0.29) is 23.5 Å². The van der Waals surface area contributed by atoms with Crippen LogP contribution < -0.4 is 15.5 Å². The summed E-state index contributed by atoms with van der Waals surface area (Å²) in [6.45, 7) is 5.65. The van der Waals surface area contributed by atoms with E-state index in [0.29, 0.717) is 6.04 Å². The van der Waals surface area contributed by atoms with E-state index < -0.39 is 0 Å². The summed E-state index contributed by atoms with van der Waals surface area (Å²) in [5.74, 6) is 1.36. The summed E-state index contributed by atoms with van der Waals surface area (Å²) in [7, 11) is 0. The average molecular weight is 440 g/mol. The van der Waals surface area contributed by atoms with Crippen LogP contribution in [0.15, 0.2) is 35.4 Å². The molecule has 0 radical (unpaired) electrons. The lowest BCUT2D eigenvalue weighted by molar-refractivity contribution is -0.125. The predicted molar refractivity (Wildman–Crippen MR) is 123 cm³/mol. The van der Waals surface area contributed by atoms with Gasteiger partial charge in [0.15, 0.2) is 5.82 Å². The molecule has 7 nitrogen and oxygen atoms in total. The minimum absolute atomic E-state index is 0.0591. The SMILES string of the molecule is Cc1cccc(NC(=O)CSc2ccc(N3CCC(C(=O)NC4CC4)CC3)nn2)c1C. The van der Waals surface area contributed by atoms with Gasteiger partial charge in [0.2, 0.25) is 11.8 Å². The third-order valence-electron chi connectivity index (χ3n) is 5.97. The van der Waals surface area contributed by atoms with Crippen LogP contribution in [0.25, 0.3) is 0 Å². The molecule has 1 aromatic carbocycles. The summed E-state index contributed by atoms with van der Waals surface area (Å²) in [5.41, 5.74) is 3.08. The van der Waals surface area contributed by atoms with Crippen molar-refractivity contribution >= 4 is 35.1 Å². The Hall–Kier alpha value is -2.61. The molecule has 1 aliphatic carbocycles. The van der Waals surface area contributed by atoms with Crippen LogP contribution in [0.4, 0.5) is 11.5 Å². The molecule has 2 fully saturated rings. The van der Waals surface area contributed by atoms with Crippen LogP contribution in [0.1, 0.15) is 36.8 Å². The summed E-state index contributed by atoms with van der Waals surface area (Å²) >= 11 is 1.37. The summed E-state index contributed by atoms with van der Waals surface area (Å²) in [4.78, 5) is 26.7. The monoisotopic (exact) mass is 439 g/mol. The van der Waals surface area contributed by atoms with Crippen molar-refractivity contribution in [1.82, 2.24) is 15.5 Å². The highest BCUT2D eigenvalue weighted by atomic mass is 32.2. The Bertz CT molecular complexity index is 937. The maximum atomic E-state index is 12.3. The Morgan fingerprint density at radius 2 is 1.84 bits per heavy atom. The van der Waals surface area contributed by atoms with Crippen molar-refractivity contribution in [2.75, 3.05) is 29.1 Å². The lowest BCUT2D eigenvalue weighted by Gasteiger charge is -2.31. The zero-order valence-corrected chi connectivity index (χ0v) is 18.9. The smallest absolute Gasteiger partial charge is 0.234 e. The number of nitrogens with zero attached hydrogens (tertiary/aromatic N) is 3. The maximum Gasteiger partial charge on any atom is 0.234 e. The molecule has 1 saturated carbocycles. The van der Waals surface area contributed by atoms with E-state index in [0.717, 1.165) is 66.4 Å². The van der Waals surface area contributed by atoms with Gasteiger partial charge < -0.3 is 15.5 Å². The first kappa shape index (κ1) is 21.6. The second-order valence-corrected chi connectivity index (χ2v) is 9.35. The summed E-state index contributed by atoms with van der Waals surface area (Å²) in [6.07, 6.45) is 3.93. The number of hydrogen-bond donors (Lipinski definition) is 2. The van der Waals surface area contributed by atoms with Crippen LogP contribution in [0.2, 0.25) is 0 Å². The molecule has 0 atom stereocenters. The summed E-state index contributed by atoms with van der Waals surface area (Å²) in [5, 5.41) is 15.4. The molecule has 0 bridgehead atoms. The van der Waals surface area contributed by atoms with Gasteiger partial charge in [-0.15, -0.1) is 10.2 Å². The van der Waals surface area contributed by atoms with E-state index in [4.69, 9.17) is 0 Å². The zero-order valence-electron chi connectivity index (χ0n) is 18.1. The maximum absolute atomic E-state index is 12.3. The fourth-order valence-corrected chi connectivity index (χ4v) is 4.30. The molecular weight excluding hydrogens is 410 g/mol. The van der Waals surface area contributed by atoms with Crippen LogP contribution in [0.3, 0.4) is 0 Å². The van der Waals surface area contributed by atoms with E-state index in [9.17, 15) is 9.59 Å². The highest BCUT2D eigenvalue weighted by molar-refractivity contribution is 7.99. The van der Waals surface area contributed by atoms with E-state index >= 15 is 0 Å². The average Bonchev–Trinajstić information content (AvgIpc) is 3.60. The largest absolute Gasteiger partial charge is 0.355 e. The van der Waals surface area contributed by atoms with Gasteiger partial charge in [0.25, 0.3) is 0 Å². The molecule has 1 aliphatic heterocycles. The number of aryl methyl sites for hydroxylation is 1. The summed E-state index contributed by atoms with van der Waals surface area (Å²) in [6, 6.07) is 10.2. The number of amides is 2. The van der Waals surface area contributed by atoms with E-state index in [1.807, 2.05) is 44.2 Å². The number of benzene rings is 1. The van der Waals surface area contributed by atoms with Gasteiger partial charge in [-0.2, -0.15) is 0 Å². The number of nitrogens with one attached hydrogen (secondary N) is 2. The van der Waals surface area contributed by atoms with Gasteiger partial charge in [-0.3, -0.25) is 9.59 Å². The first-order valence-corrected chi connectivity index (χ1v) is 11.9. The number of anilines is 2. The fraction of sp³-hybridized carbons (Fsp3) is 0.478. The highest BCUT2D eigenvalue weighted by Gasteiger charge is 2.30. The van der Waals surface area contributed by atoms with Crippen LogP contribution >= 0.6 is 11.8 Å². The van der Waals surface area contributed by atoms with Crippen molar-refractivity contribution in [3.8, 4) is 0 Å². The number of piperidine rings is 1. The molecule has 2 aliphatic rings. The van der Waals surface area contributed by atoms with Crippen LogP contribution in [0, 0.1) is 19.8 Å². The van der Waals surface area contributed by atoms with Crippen LogP contribution in [0.5, 0.6) is 0 Å². The third-order valence-corrected chi connectivity index (χ3v) is 6.89. The van der Waals surface area contributed by atoms with Gasteiger partial charge in [-0.1, -0.05) is 23.9 Å². The molecule has 4 rings (SSSR count). The van der Waals surface area contributed by atoms with Crippen LogP contribution in [-0.2, 0) is 9.59 Å². The molecule has 8 heteroatoms. The van der Waals surface area contributed by atoms with Gasteiger partial charge >= 0.3 is 0 Å². The quantitative estimate of drug-likeness (QED) is 0.644. The molecule has 31 heavy (non-hydrogen) atoms. The Morgan fingerprint density at radius 1 is 1.06 bits per heavy atom. The van der Waals surface area contributed by atoms with Crippen molar-refractivity contribution in [3.63, 3.8) is 0 Å². The molecule has 2 aromatic rings. The zero-order chi connectivity index (χ0) is 21.8. The molecule has 1 saturated heterocycles. The van der Waals surface area contributed by atoms with Crippen molar-refractivity contribution in [2.24, 2.45) is 5.92 Å². The van der Waals surface area contributed by atoms with Crippen molar-refractivity contribution < 1.29 is 9.59 Å². The van der Waals surface area contributed by atoms with Crippen molar-refractivity contribution in [3.05, 3.63) is 41.5 Å². The number of carbonyl (C=O) groups is 2. The van der Waals surface area contributed by atoms with Crippen molar-refractivity contribution in [1.29, 1.82) is 0 Å². The molecule has 0 spiro atoms. The lowest BCUT2D eigenvalue weighted by atomic mass is 9.96. The van der Waals surface area contributed by atoms with Gasteiger partial charge in [0.1, 0.15) is 5.03 Å². The highest BCUT2D eigenvalue weighted by Crippen LogP contribution is 2.25. The Balaban J connectivity index is 1.23. The van der Waals surface area contributed by atoms with Gasteiger partial charge in [0, 0.05) is 30.7 Å². The van der Waals surface area contributed by atoms with Gasteiger partial charge in [-0.25, -0.2) is 0 Å². The molecular formula is C23H29N5O2S. The Labute approximate surface area is 187 Å². The Morgan fingerprint density at radius 3 is 2.52 bits per heavy atom. The normalized spacial score (nSPS) is 16.8. The fourth-order valence-electron chi connectivity index (χ4n) is 3.69. The van der Waals surface area contributed by atoms with E-state index in [1.54, 1.807) is 0 Å². The minimum Gasteiger partial charge on any atom is -0.355 e. The second-order valence-electron chi connectivity index (χ2n) is 8.36. The molecule has 0 unspecified atom stereocenters. The molecule has 2 amide bonds. The van der Waals surface area contributed by atoms with Gasteiger partial charge in [-0.05, 0) is 68.9 Å². The summed E-state index contributed by atoms with van der Waals surface area (Å²) < 4.78 is 0. The standard InChI is InChI=1S/C23H29N5O2S/c1-15-4-3-5-19(16(15)2)25-21(29)14-31-22-9-8-20(26-27-22)28-12-10-17(11-13-28)23(30)24-18-6-7-18/h3-5,8-9,17-18H,6-7,10-14H2,1-2H3,(H,24,30)(H,25,29). The van der Waals surface area contributed by atoms with Gasteiger partial charge in [0.05, 0.1) is 5.75 Å². The third kappa shape index (κ3) is 5.76. The Kier molecular flexibility index (Phi) is 6.75. The predicted octanol–water partition coefficient (Wildman–Crippen LogP) is 3.32. The minimum atomic E-state index is -0.0591. The molecule has 2 heterocycles. The number of hydrogen-bond acceptors (Lipinski definition) is 6. The topological polar surface area (TPSA) is 87.2 Å². The molecule has 2 N–H and O–H groups in total. The lowest BCUT2D eigenvalue weighted by Crippen LogP contribution is -2.41. The number of thioether (sulfide) groups is 1. The van der Waals surface area contributed by atoms with Crippen LogP contribution in [-0.4, -0.2) is 46.9 Å².